The minimum Gasteiger partial charge on any atom is -0.381 e. The Balaban J connectivity index is 2.38. The topological polar surface area (TPSA) is 38.3 Å². The van der Waals surface area contributed by atoms with Crippen molar-refractivity contribution in [3.8, 4) is 0 Å². The Bertz CT molecular complexity index is 399. The fourth-order valence-corrected chi connectivity index (χ4v) is 1.58. The summed E-state index contributed by atoms with van der Waals surface area (Å²) in [7, 11) is 0. The van der Waals surface area contributed by atoms with Gasteiger partial charge in [-0.15, -0.1) is 0 Å². The summed E-state index contributed by atoms with van der Waals surface area (Å²) in [5, 5.41) is 2.92. The second-order valence-electron chi connectivity index (χ2n) is 5.01. The summed E-state index contributed by atoms with van der Waals surface area (Å²) in [6, 6.07) is 5.92. The minimum absolute atomic E-state index is 0.00690. The lowest BCUT2D eigenvalue weighted by molar-refractivity contribution is -0.117. The van der Waals surface area contributed by atoms with E-state index in [4.69, 9.17) is 4.74 Å². The van der Waals surface area contributed by atoms with E-state index >= 15 is 0 Å². The van der Waals surface area contributed by atoms with Crippen LogP contribution in [0, 0.1) is 19.8 Å². The number of carbonyl (C=O) groups excluding carboxylic acids is 1. The van der Waals surface area contributed by atoms with E-state index in [1.807, 2.05) is 32.0 Å². The number of carbonyl (C=O) groups is 1. The first-order valence-electron chi connectivity index (χ1n) is 6.44. The summed E-state index contributed by atoms with van der Waals surface area (Å²) in [6.45, 7) is 9.43. The van der Waals surface area contributed by atoms with Crippen LogP contribution in [0.4, 0.5) is 5.69 Å². The summed E-state index contributed by atoms with van der Waals surface area (Å²) in [6.07, 6.45) is 0.403. The summed E-state index contributed by atoms with van der Waals surface area (Å²) in [4.78, 5) is 11.7. The maximum absolute atomic E-state index is 11.7. The van der Waals surface area contributed by atoms with Crippen molar-refractivity contribution >= 4 is 11.6 Å². The number of aryl methyl sites for hydroxylation is 1. The van der Waals surface area contributed by atoms with Gasteiger partial charge in [-0.25, -0.2) is 0 Å². The van der Waals surface area contributed by atoms with Crippen molar-refractivity contribution in [3.63, 3.8) is 0 Å². The molecule has 0 saturated heterocycles. The third-order valence-electron chi connectivity index (χ3n) is 2.80. The standard InChI is InChI=1S/C15H23NO2/c1-11(2)10-18-9-8-15(17)16-14-7-5-6-12(3)13(14)4/h5-7,11H,8-10H2,1-4H3,(H,16,17). The van der Waals surface area contributed by atoms with Crippen LogP contribution in [0.5, 0.6) is 0 Å². The molecule has 0 saturated carbocycles. The molecule has 0 spiro atoms. The Morgan fingerprint density at radius 3 is 2.72 bits per heavy atom. The molecule has 1 amide bonds. The van der Waals surface area contributed by atoms with Gasteiger partial charge in [0, 0.05) is 12.3 Å². The molecular formula is C15H23NO2. The van der Waals surface area contributed by atoms with Crippen molar-refractivity contribution in [2.75, 3.05) is 18.5 Å². The first-order chi connectivity index (χ1) is 8.50. The monoisotopic (exact) mass is 249 g/mol. The van der Waals surface area contributed by atoms with Crippen LogP contribution >= 0.6 is 0 Å². The number of benzene rings is 1. The zero-order valence-corrected chi connectivity index (χ0v) is 11.7. The van der Waals surface area contributed by atoms with Gasteiger partial charge in [-0.05, 0) is 37.0 Å². The number of anilines is 1. The third-order valence-corrected chi connectivity index (χ3v) is 2.80. The van der Waals surface area contributed by atoms with Gasteiger partial charge in [0.1, 0.15) is 0 Å². The van der Waals surface area contributed by atoms with Crippen LogP contribution in [-0.4, -0.2) is 19.1 Å². The molecule has 0 aliphatic rings. The van der Waals surface area contributed by atoms with Crippen molar-refractivity contribution in [1.82, 2.24) is 0 Å². The quantitative estimate of drug-likeness (QED) is 0.785. The van der Waals surface area contributed by atoms with Crippen molar-refractivity contribution in [2.24, 2.45) is 5.92 Å². The highest BCUT2D eigenvalue weighted by Crippen LogP contribution is 2.17. The predicted molar refractivity (Wildman–Crippen MR) is 74.8 cm³/mol. The highest BCUT2D eigenvalue weighted by Gasteiger charge is 2.06. The second kappa shape index (κ2) is 7.17. The van der Waals surface area contributed by atoms with Crippen molar-refractivity contribution in [1.29, 1.82) is 0 Å². The van der Waals surface area contributed by atoms with Gasteiger partial charge < -0.3 is 10.1 Å². The molecule has 3 heteroatoms. The van der Waals surface area contributed by atoms with E-state index in [2.05, 4.69) is 19.2 Å². The molecule has 0 heterocycles. The van der Waals surface area contributed by atoms with Crippen LogP contribution < -0.4 is 5.32 Å². The molecule has 0 aliphatic carbocycles. The van der Waals surface area contributed by atoms with E-state index in [0.717, 1.165) is 11.3 Å². The van der Waals surface area contributed by atoms with E-state index < -0.39 is 0 Å². The lowest BCUT2D eigenvalue weighted by atomic mass is 10.1. The van der Waals surface area contributed by atoms with Gasteiger partial charge in [-0.2, -0.15) is 0 Å². The molecule has 100 valence electrons. The Labute approximate surface area is 110 Å². The molecular weight excluding hydrogens is 226 g/mol. The van der Waals surface area contributed by atoms with E-state index in [0.29, 0.717) is 25.6 Å². The average Bonchev–Trinajstić information content (AvgIpc) is 2.30. The van der Waals surface area contributed by atoms with Gasteiger partial charge >= 0.3 is 0 Å². The molecule has 0 atom stereocenters. The normalized spacial score (nSPS) is 10.7. The fraction of sp³-hybridized carbons (Fsp3) is 0.533. The van der Waals surface area contributed by atoms with Crippen molar-refractivity contribution in [2.45, 2.75) is 34.1 Å². The molecule has 18 heavy (non-hydrogen) atoms. The summed E-state index contributed by atoms with van der Waals surface area (Å²) >= 11 is 0. The van der Waals surface area contributed by atoms with Gasteiger partial charge in [-0.1, -0.05) is 26.0 Å². The maximum Gasteiger partial charge on any atom is 0.226 e. The van der Waals surface area contributed by atoms with Gasteiger partial charge in [0.25, 0.3) is 0 Å². The number of hydrogen-bond acceptors (Lipinski definition) is 2. The SMILES string of the molecule is Cc1cccc(NC(=O)CCOCC(C)C)c1C. The molecule has 0 aliphatic heterocycles. The van der Waals surface area contributed by atoms with E-state index in [9.17, 15) is 4.79 Å². The average molecular weight is 249 g/mol. The molecule has 1 aromatic carbocycles. The Morgan fingerprint density at radius 2 is 2.06 bits per heavy atom. The second-order valence-corrected chi connectivity index (χ2v) is 5.01. The largest absolute Gasteiger partial charge is 0.381 e. The highest BCUT2D eigenvalue weighted by atomic mass is 16.5. The number of nitrogens with one attached hydrogen (secondary N) is 1. The van der Waals surface area contributed by atoms with E-state index in [-0.39, 0.29) is 5.91 Å². The van der Waals surface area contributed by atoms with Crippen LogP contribution in [0.3, 0.4) is 0 Å². The van der Waals surface area contributed by atoms with Crippen LogP contribution in [-0.2, 0) is 9.53 Å². The predicted octanol–water partition coefficient (Wildman–Crippen LogP) is 3.30. The lowest BCUT2D eigenvalue weighted by Gasteiger charge is -2.11. The van der Waals surface area contributed by atoms with E-state index in [1.165, 1.54) is 5.56 Å². The number of hydrogen-bond donors (Lipinski definition) is 1. The van der Waals surface area contributed by atoms with Crippen LogP contribution in [0.1, 0.15) is 31.4 Å². The molecule has 0 aromatic heterocycles. The van der Waals surface area contributed by atoms with E-state index in [1.54, 1.807) is 0 Å². The molecule has 0 radical (unpaired) electrons. The van der Waals surface area contributed by atoms with Crippen molar-refractivity contribution in [3.05, 3.63) is 29.3 Å². The molecule has 0 unspecified atom stereocenters. The van der Waals surface area contributed by atoms with Gasteiger partial charge in [0.05, 0.1) is 13.0 Å². The molecule has 1 N–H and O–H groups in total. The number of rotatable bonds is 6. The molecule has 1 rings (SSSR count). The lowest BCUT2D eigenvalue weighted by Crippen LogP contribution is -2.16. The van der Waals surface area contributed by atoms with Crippen LogP contribution in [0.15, 0.2) is 18.2 Å². The number of ether oxygens (including phenoxy) is 1. The summed E-state index contributed by atoms with van der Waals surface area (Å²) in [5.41, 5.74) is 3.20. The summed E-state index contributed by atoms with van der Waals surface area (Å²) < 4.78 is 5.40. The smallest absolute Gasteiger partial charge is 0.226 e. The molecule has 0 bridgehead atoms. The third kappa shape index (κ3) is 4.88. The van der Waals surface area contributed by atoms with Crippen LogP contribution in [0.2, 0.25) is 0 Å². The Hall–Kier alpha value is -1.35. The highest BCUT2D eigenvalue weighted by molar-refractivity contribution is 5.91. The molecule has 0 fully saturated rings. The molecule has 1 aromatic rings. The summed E-state index contributed by atoms with van der Waals surface area (Å²) in [5.74, 6) is 0.513. The molecule has 3 nitrogen and oxygen atoms in total. The van der Waals surface area contributed by atoms with Crippen LogP contribution in [0.25, 0.3) is 0 Å². The van der Waals surface area contributed by atoms with Gasteiger partial charge in [0.15, 0.2) is 0 Å². The zero-order chi connectivity index (χ0) is 13.5. The minimum atomic E-state index is 0.00690. The first-order valence-corrected chi connectivity index (χ1v) is 6.44. The van der Waals surface area contributed by atoms with Gasteiger partial charge in [0.2, 0.25) is 5.91 Å². The maximum atomic E-state index is 11.7. The zero-order valence-electron chi connectivity index (χ0n) is 11.7. The van der Waals surface area contributed by atoms with Crippen molar-refractivity contribution < 1.29 is 9.53 Å². The Kier molecular flexibility index (Phi) is 5.86. The fourth-order valence-electron chi connectivity index (χ4n) is 1.58. The Morgan fingerprint density at radius 1 is 1.33 bits per heavy atom. The first kappa shape index (κ1) is 14.7. The number of amides is 1. The van der Waals surface area contributed by atoms with Gasteiger partial charge in [-0.3, -0.25) is 4.79 Å².